The number of hydrogen-bond acceptors (Lipinski definition) is 3. The van der Waals surface area contributed by atoms with E-state index in [0.717, 1.165) is 5.56 Å². The van der Waals surface area contributed by atoms with Gasteiger partial charge in [0.2, 0.25) is 0 Å². The Morgan fingerprint density at radius 2 is 1.86 bits per heavy atom. The van der Waals surface area contributed by atoms with Crippen molar-refractivity contribution < 1.29 is 19.8 Å². The predicted octanol–water partition coefficient (Wildman–Crippen LogP) is 1.09. The molecule has 0 aliphatic heterocycles. The number of nitrogens with zero attached hydrogens (tertiary/aromatic N) is 1. The van der Waals surface area contributed by atoms with Crippen LogP contribution in [0.15, 0.2) is 30.3 Å². The van der Waals surface area contributed by atoms with Crippen molar-refractivity contribution in [3.63, 3.8) is 0 Å². The van der Waals surface area contributed by atoms with Crippen molar-refractivity contribution in [3.05, 3.63) is 35.9 Å². The monoisotopic (exact) mass is 294 g/mol. The molecule has 6 heteroatoms. The van der Waals surface area contributed by atoms with Crippen molar-refractivity contribution >= 4 is 12.0 Å². The number of carboxylic acid groups (broad SMARTS) is 1. The highest BCUT2D eigenvalue weighted by Crippen LogP contribution is 2.05. The van der Waals surface area contributed by atoms with Gasteiger partial charge in [0.25, 0.3) is 0 Å². The Bertz CT molecular complexity index is 462. The summed E-state index contributed by atoms with van der Waals surface area (Å²) < 4.78 is 0. The van der Waals surface area contributed by atoms with Crippen LogP contribution in [0.1, 0.15) is 19.4 Å². The molecule has 116 valence electrons. The molecule has 1 rings (SSSR count). The molecule has 1 aromatic carbocycles. The van der Waals surface area contributed by atoms with Gasteiger partial charge in [-0.1, -0.05) is 30.3 Å². The lowest BCUT2D eigenvalue weighted by Crippen LogP contribution is -2.51. The van der Waals surface area contributed by atoms with E-state index >= 15 is 0 Å². The first-order chi connectivity index (χ1) is 9.95. The Kier molecular flexibility index (Phi) is 6.68. The molecule has 0 bridgehead atoms. The highest BCUT2D eigenvalue weighted by molar-refractivity contribution is 5.83. The van der Waals surface area contributed by atoms with Crippen LogP contribution in [0.4, 0.5) is 4.79 Å². The van der Waals surface area contributed by atoms with Crippen LogP contribution in [0.2, 0.25) is 0 Å². The zero-order chi connectivity index (χ0) is 15.8. The highest BCUT2D eigenvalue weighted by atomic mass is 16.4. The molecular weight excluding hydrogens is 272 g/mol. The third-order valence-electron chi connectivity index (χ3n) is 3.10. The number of hydrogen-bond donors (Lipinski definition) is 3. The Hall–Kier alpha value is -2.08. The number of carbonyl (C=O) groups excluding carboxylic acids is 1. The Morgan fingerprint density at radius 3 is 2.33 bits per heavy atom. The fourth-order valence-electron chi connectivity index (χ4n) is 1.98. The summed E-state index contributed by atoms with van der Waals surface area (Å²) in [5.41, 5.74) is 0.837. The van der Waals surface area contributed by atoms with E-state index in [-0.39, 0.29) is 25.6 Å². The van der Waals surface area contributed by atoms with Gasteiger partial charge < -0.3 is 20.4 Å². The molecule has 21 heavy (non-hydrogen) atoms. The molecule has 0 radical (unpaired) electrons. The first-order valence-electron chi connectivity index (χ1n) is 6.90. The second-order valence-corrected chi connectivity index (χ2v) is 5.04. The number of aliphatic hydroxyl groups is 1. The van der Waals surface area contributed by atoms with Gasteiger partial charge in [0, 0.05) is 19.0 Å². The number of benzene rings is 1. The van der Waals surface area contributed by atoms with Crippen LogP contribution in [-0.2, 0) is 11.2 Å². The van der Waals surface area contributed by atoms with E-state index < -0.39 is 18.0 Å². The van der Waals surface area contributed by atoms with E-state index in [4.69, 9.17) is 5.11 Å². The topological polar surface area (TPSA) is 89.9 Å². The molecule has 2 amide bonds. The molecule has 6 nitrogen and oxygen atoms in total. The van der Waals surface area contributed by atoms with Crippen LogP contribution in [0.3, 0.4) is 0 Å². The summed E-state index contributed by atoms with van der Waals surface area (Å²) >= 11 is 0. The zero-order valence-corrected chi connectivity index (χ0v) is 12.3. The quantitative estimate of drug-likeness (QED) is 0.702. The summed E-state index contributed by atoms with van der Waals surface area (Å²) in [6.07, 6.45) is 0.215. The fourth-order valence-corrected chi connectivity index (χ4v) is 1.98. The van der Waals surface area contributed by atoms with Crippen molar-refractivity contribution in [2.75, 3.05) is 13.2 Å². The molecule has 1 unspecified atom stereocenters. The number of aliphatic hydroxyl groups excluding tert-OH is 1. The minimum atomic E-state index is -1.08. The van der Waals surface area contributed by atoms with Gasteiger partial charge in [0.1, 0.15) is 6.04 Å². The third-order valence-corrected chi connectivity index (χ3v) is 3.10. The van der Waals surface area contributed by atoms with Crippen LogP contribution in [-0.4, -0.2) is 52.3 Å². The average Bonchev–Trinajstić information content (AvgIpc) is 2.44. The zero-order valence-electron chi connectivity index (χ0n) is 12.3. The first-order valence-corrected chi connectivity index (χ1v) is 6.90. The molecule has 0 saturated heterocycles. The third kappa shape index (κ3) is 5.43. The Labute approximate surface area is 124 Å². The van der Waals surface area contributed by atoms with Gasteiger partial charge in [0.05, 0.1) is 6.61 Å². The van der Waals surface area contributed by atoms with Crippen molar-refractivity contribution in [1.82, 2.24) is 10.2 Å². The Balaban J connectivity index is 2.74. The van der Waals surface area contributed by atoms with Crippen molar-refractivity contribution in [3.8, 4) is 0 Å². The molecule has 0 aliphatic rings. The van der Waals surface area contributed by atoms with Gasteiger partial charge in [-0.3, -0.25) is 0 Å². The molecule has 3 N–H and O–H groups in total. The number of rotatable bonds is 7. The van der Waals surface area contributed by atoms with Crippen LogP contribution in [0.25, 0.3) is 0 Å². The lowest BCUT2D eigenvalue weighted by atomic mass is 10.1. The molecule has 1 aromatic rings. The standard InChI is InChI=1S/C15H22N2O4/c1-11(2)17(8-9-18)15(21)16-13(14(19)20)10-12-6-4-3-5-7-12/h3-7,11,13,18H,8-10H2,1-2H3,(H,16,21)(H,19,20). The lowest BCUT2D eigenvalue weighted by molar-refractivity contribution is -0.139. The van der Waals surface area contributed by atoms with E-state index in [2.05, 4.69) is 5.32 Å². The number of amides is 2. The maximum absolute atomic E-state index is 12.1. The van der Waals surface area contributed by atoms with Crippen LogP contribution in [0, 0.1) is 0 Å². The summed E-state index contributed by atoms with van der Waals surface area (Å²) in [5, 5.41) is 20.7. The van der Waals surface area contributed by atoms with Crippen molar-refractivity contribution in [1.29, 1.82) is 0 Å². The largest absolute Gasteiger partial charge is 0.480 e. The summed E-state index contributed by atoms with van der Waals surface area (Å²) in [5.74, 6) is -1.08. The van der Waals surface area contributed by atoms with E-state index in [9.17, 15) is 14.7 Å². The number of carboxylic acids is 1. The molecule has 1 atom stereocenters. The van der Waals surface area contributed by atoms with E-state index in [0.29, 0.717) is 0 Å². The minimum Gasteiger partial charge on any atom is -0.480 e. The van der Waals surface area contributed by atoms with Gasteiger partial charge in [0.15, 0.2) is 0 Å². The molecule has 0 saturated carbocycles. The van der Waals surface area contributed by atoms with Gasteiger partial charge in [-0.05, 0) is 19.4 Å². The average molecular weight is 294 g/mol. The highest BCUT2D eigenvalue weighted by Gasteiger charge is 2.24. The van der Waals surface area contributed by atoms with Gasteiger partial charge in [-0.15, -0.1) is 0 Å². The van der Waals surface area contributed by atoms with E-state index in [1.54, 1.807) is 0 Å². The van der Waals surface area contributed by atoms with Crippen molar-refractivity contribution in [2.45, 2.75) is 32.4 Å². The fraction of sp³-hybridized carbons (Fsp3) is 0.467. The maximum atomic E-state index is 12.1. The second-order valence-electron chi connectivity index (χ2n) is 5.04. The van der Waals surface area contributed by atoms with Crippen LogP contribution >= 0.6 is 0 Å². The summed E-state index contributed by atoms with van der Waals surface area (Å²) in [6.45, 7) is 3.62. The SMILES string of the molecule is CC(C)N(CCO)C(=O)NC(Cc1ccccc1)C(=O)O. The molecule has 0 aliphatic carbocycles. The van der Waals surface area contributed by atoms with Gasteiger partial charge in [-0.2, -0.15) is 0 Å². The minimum absolute atomic E-state index is 0.122. The smallest absolute Gasteiger partial charge is 0.326 e. The van der Waals surface area contributed by atoms with Crippen molar-refractivity contribution in [2.24, 2.45) is 0 Å². The van der Waals surface area contributed by atoms with Gasteiger partial charge in [-0.25, -0.2) is 9.59 Å². The first kappa shape index (κ1) is 17.0. The number of aliphatic carboxylic acids is 1. The molecule has 0 spiro atoms. The maximum Gasteiger partial charge on any atom is 0.326 e. The number of nitrogens with one attached hydrogen (secondary N) is 1. The summed E-state index contributed by atoms with van der Waals surface area (Å²) in [4.78, 5) is 24.8. The van der Waals surface area contributed by atoms with Gasteiger partial charge >= 0.3 is 12.0 Å². The number of urea groups is 1. The summed E-state index contributed by atoms with van der Waals surface area (Å²) in [7, 11) is 0. The molecular formula is C15H22N2O4. The van der Waals surface area contributed by atoms with E-state index in [1.165, 1.54) is 4.90 Å². The Morgan fingerprint density at radius 1 is 1.24 bits per heavy atom. The molecule has 0 fully saturated rings. The summed E-state index contributed by atoms with van der Waals surface area (Å²) in [6, 6.07) is 7.52. The molecule has 0 aromatic heterocycles. The van der Waals surface area contributed by atoms with Crippen LogP contribution < -0.4 is 5.32 Å². The van der Waals surface area contributed by atoms with Crippen LogP contribution in [0.5, 0.6) is 0 Å². The van der Waals surface area contributed by atoms with E-state index in [1.807, 2.05) is 44.2 Å². The molecule has 0 heterocycles. The second kappa shape index (κ2) is 8.26. The normalized spacial score (nSPS) is 12.0. The number of carbonyl (C=O) groups is 2. The predicted molar refractivity (Wildman–Crippen MR) is 79.0 cm³/mol. The lowest BCUT2D eigenvalue weighted by Gasteiger charge is -2.27.